The van der Waals surface area contributed by atoms with Gasteiger partial charge in [-0.15, -0.1) is 0 Å². The zero-order chi connectivity index (χ0) is 22.5. The summed E-state index contributed by atoms with van der Waals surface area (Å²) in [7, 11) is 2.15. The number of fused-ring (bicyclic) bond motifs is 1. The molecule has 0 aromatic carbocycles. The molecule has 4 heterocycles. The Labute approximate surface area is 189 Å². The molecule has 8 heteroatoms. The lowest BCUT2D eigenvalue weighted by Crippen LogP contribution is -2.43. The molecule has 0 atom stereocenters. The summed E-state index contributed by atoms with van der Waals surface area (Å²) in [5.74, 6) is 1.59. The molecule has 2 aromatic rings. The first-order valence-electron chi connectivity index (χ1n) is 11.0. The van der Waals surface area contributed by atoms with Crippen LogP contribution in [0.25, 0.3) is 5.57 Å². The van der Waals surface area contributed by atoms with Crippen LogP contribution in [0.15, 0.2) is 55.0 Å². The molecule has 1 fully saturated rings. The molecule has 4 rings (SSSR count). The maximum absolute atomic E-state index is 10.1. The van der Waals surface area contributed by atoms with Crippen molar-refractivity contribution >= 4 is 17.2 Å². The summed E-state index contributed by atoms with van der Waals surface area (Å²) in [5.41, 5.74) is 3.57. The second-order valence-corrected chi connectivity index (χ2v) is 8.12. The molecule has 32 heavy (non-hydrogen) atoms. The van der Waals surface area contributed by atoms with Crippen molar-refractivity contribution in [2.24, 2.45) is 0 Å². The normalized spacial score (nSPS) is 17.4. The Hall–Kier alpha value is -3.39. The minimum absolute atomic E-state index is 0.0520. The van der Waals surface area contributed by atoms with E-state index in [0.717, 1.165) is 73.4 Å². The first-order valence-corrected chi connectivity index (χ1v) is 11.0. The fourth-order valence-electron chi connectivity index (χ4n) is 3.91. The van der Waals surface area contributed by atoms with Gasteiger partial charge >= 0.3 is 0 Å². The average molecular weight is 434 g/mol. The zero-order valence-electron chi connectivity index (χ0n) is 18.8. The smallest absolute Gasteiger partial charge is 0.215 e. The third-order valence-electron chi connectivity index (χ3n) is 5.93. The highest BCUT2D eigenvalue weighted by atomic mass is 16.3. The van der Waals surface area contributed by atoms with Crippen LogP contribution in [-0.2, 0) is 6.54 Å². The van der Waals surface area contributed by atoms with Gasteiger partial charge in [0, 0.05) is 63.3 Å². The van der Waals surface area contributed by atoms with Crippen molar-refractivity contribution in [3.05, 3.63) is 66.3 Å². The number of likely N-dealkylation sites (N-methyl/N-ethyl adjacent to an activating group) is 1. The van der Waals surface area contributed by atoms with Crippen molar-refractivity contribution in [1.82, 2.24) is 24.8 Å². The van der Waals surface area contributed by atoms with E-state index in [1.807, 2.05) is 25.1 Å². The Morgan fingerprint density at radius 2 is 2.00 bits per heavy atom. The van der Waals surface area contributed by atoms with Gasteiger partial charge in [-0.2, -0.15) is 0 Å². The van der Waals surface area contributed by atoms with E-state index in [4.69, 9.17) is 4.98 Å². The zero-order valence-corrected chi connectivity index (χ0v) is 18.8. The van der Waals surface area contributed by atoms with E-state index in [-0.39, 0.29) is 5.88 Å². The van der Waals surface area contributed by atoms with Crippen LogP contribution in [0.1, 0.15) is 18.2 Å². The predicted molar refractivity (Wildman–Crippen MR) is 128 cm³/mol. The average Bonchev–Trinajstić information content (AvgIpc) is 2.81. The van der Waals surface area contributed by atoms with Gasteiger partial charge in [-0.1, -0.05) is 24.8 Å². The summed E-state index contributed by atoms with van der Waals surface area (Å²) in [6.45, 7) is 12.4. The van der Waals surface area contributed by atoms with Crippen LogP contribution in [0.2, 0.25) is 0 Å². The Bertz CT molecular complexity index is 1020. The van der Waals surface area contributed by atoms with Crippen LogP contribution in [0.5, 0.6) is 5.88 Å². The van der Waals surface area contributed by atoms with Gasteiger partial charge in [0.25, 0.3) is 0 Å². The second kappa shape index (κ2) is 9.82. The summed E-state index contributed by atoms with van der Waals surface area (Å²) >= 11 is 0. The molecule has 0 saturated carbocycles. The van der Waals surface area contributed by atoms with E-state index < -0.39 is 0 Å². The minimum Gasteiger partial charge on any atom is -0.493 e. The van der Waals surface area contributed by atoms with Crippen molar-refractivity contribution in [3.8, 4) is 5.88 Å². The lowest BCUT2D eigenvalue weighted by Gasteiger charge is -2.34. The quantitative estimate of drug-likeness (QED) is 0.673. The van der Waals surface area contributed by atoms with E-state index in [2.05, 4.69) is 55.8 Å². The standard InChI is InChI=1S/C24H31N7O/c1-4-19(8-7-18(2)30-14-12-29(3)13-15-30)21-16-27-22-23(28-21)31(11-10-25-22)17-20-6-5-9-26-24(20)32/h4-9,16H,2,10-15,17H2,1,3H3,(H,25,27)(H,26,32)/b8-7-,19-4+. The van der Waals surface area contributed by atoms with Gasteiger partial charge in [-0.05, 0) is 31.7 Å². The summed E-state index contributed by atoms with van der Waals surface area (Å²) in [4.78, 5) is 20.3. The number of anilines is 2. The molecule has 2 aromatic heterocycles. The third-order valence-corrected chi connectivity index (χ3v) is 5.93. The number of pyridine rings is 1. The lowest BCUT2D eigenvalue weighted by molar-refractivity contribution is 0.190. The number of nitrogens with zero attached hydrogens (tertiary/aromatic N) is 6. The molecular weight excluding hydrogens is 402 g/mol. The van der Waals surface area contributed by atoms with E-state index in [9.17, 15) is 5.11 Å². The van der Waals surface area contributed by atoms with Crippen LogP contribution in [0, 0.1) is 0 Å². The molecule has 2 aliphatic rings. The number of hydrogen-bond donors (Lipinski definition) is 2. The number of piperazine rings is 1. The van der Waals surface area contributed by atoms with Crippen LogP contribution < -0.4 is 10.2 Å². The largest absolute Gasteiger partial charge is 0.493 e. The van der Waals surface area contributed by atoms with E-state index in [1.54, 1.807) is 12.4 Å². The van der Waals surface area contributed by atoms with Crippen LogP contribution in [0.3, 0.4) is 0 Å². The molecule has 0 unspecified atom stereocenters. The summed E-state index contributed by atoms with van der Waals surface area (Å²) < 4.78 is 0. The summed E-state index contributed by atoms with van der Waals surface area (Å²) in [5, 5.41) is 13.4. The number of allylic oxidation sites excluding steroid dienone is 4. The topological polar surface area (TPSA) is 80.6 Å². The molecule has 168 valence electrons. The van der Waals surface area contributed by atoms with Gasteiger partial charge in [0.2, 0.25) is 5.88 Å². The van der Waals surface area contributed by atoms with Crippen LogP contribution >= 0.6 is 0 Å². The number of hydrogen-bond acceptors (Lipinski definition) is 8. The Kier molecular flexibility index (Phi) is 6.70. The molecule has 1 saturated heterocycles. The van der Waals surface area contributed by atoms with Crippen molar-refractivity contribution in [1.29, 1.82) is 0 Å². The van der Waals surface area contributed by atoms with Gasteiger partial charge in [-0.25, -0.2) is 15.0 Å². The number of nitrogens with one attached hydrogen (secondary N) is 1. The van der Waals surface area contributed by atoms with Crippen molar-refractivity contribution in [3.63, 3.8) is 0 Å². The van der Waals surface area contributed by atoms with Crippen LogP contribution in [-0.4, -0.2) is 76.2 Å². The molecule has 2 N–H and O–H groups in total. The highest BCUT2D eigenvalue weighted by Gasteiger charge is 2.22. The lowest BCUT2D eigenvalue weighted by atomic mass is 10.1. The fraction of sp³-hybridized carbons (Fsp3) is 0.375. The maximum Gasteiger partial charge on any atom is 0.215 e. The highest BCUT2D eigenvalue weighted by Crippen LogP contribution is 2.29. The van der Waals surface area contributed by atoms with Gasteiger partial charge in [-0.3, -0.25) is 0 Å². The number of aromatic hydroxyl groups is 1. The van der Waals surface area contributed by atoms with Gasteiger partial charge in [0.1, 0.15) is 0 Å². The Morgan fingerprint density at radius 3 is 2.75 bits per heavy atom. The molecule has 0 radical (unpaired) electrons. The molecule has 2 aliphatic heterocycles. The first-order chi connectivity index (χ1) is 15.5. The molecule has 0 amide bonds. The Morgan fingerprint density at radius 1 is 1.19 bits per heavy atom. The first kappa shape index (κ1) is 21.8. The summed E-state index contributed by atoms with van der Waals surface area (Å²) in [6.07, 6.45) is 9.55. The van der Waals surface area contributed by atoms with Gasteiger partial charge in [0.05, 0.1) is 11.9 Å². The van der Waals surface area contributed by atoms with Crippen molar-refractivity contribution in [2.45, 2.75) is 13.5 Å². The maximum atomic E-state index is 10.1. The van der Waals surface area contributed by atoms with Crippen molar-refractivity contribution < 1.29 is 5.11 Å². The molecule has 0 aliphatic carbocycles. The molecule has 0 spiro atoms. The third kappa shape index (κ3) is 4.91. The van der Waals surface area contributed by atoms with Gasteiger partial charge < -0.3 is 25.1 Å². The second-order valence-electron chi connectivity index (χ2n) is 8.12. The predicted octanol–water partition coefficient (Wildman–Crippen LogP) is 2.73. The Balaban J connectivity index is 1.52. The highest BCUT2D eigenvalue weighted by molar-refractivity contribution is 5.74. The van der Waals surface area contributed by atoms with E-state index >= 15 is 0 Å². The molecular formula is C24H31N7O. The van der Waals surface area contributed by atoms with Crippen LogP contribution in [0.4, 0.5) is 11.6 Å². The molecule has 0 bridgehead atoms. The molecule has 8 nitrogen and oxygen atoms in total. The van der Waals surface area contributed by atoms with E-state index in [0.29, 0.717) is 6.54 Å². The fourth-order valence-corrected chi connectivity index (χ4v) is 3.91. The number of aromatic nitrogens is 3. The number of rotatable bonds is 6. The minimum atomic E-state index is 0.0520. The summed E-state index contributed by atoms with van der Waals surface area (Å²) in [6, 6.07) is 3.71. The van der Waals surface area contributed by atoms with Gasteiger partial charge in [0.15, 0.2) is 11.6 Å². The monoisotopic (exact) mass is 433 g/mol. The van der Waals surface area contributed by atoms with Crippen molar-refractivity contribution in [2.75, 3.05) is 56.5 Å². The SMILES string of the molecule is C=C(/C=C\C(=C/C)c1cnc2c(n1)N(Cc1cccnc1O)CCN2)N1CCN(C)CC1. The van der Waals surface area contributed by atoms with E-state index in [1.165, 1.54) is 0 Å².